The lowest BCUT2D eigenvalue weighted by molar-refractivity contribution is -0.134. The molecule has 0 heterocycles. The summed E-state index contributed by atoms with van der Waals surface area (Å²) in [7, 11) is 0. The van der Waals surface area contributed by atoms with Gasteiger partial charge in [0.05, 0.1) is 0 Å². The molecule has 0 aliphatic heterocycles. The molecule has 1 aromatic carbocycles. The fraction of sp³-hybridized carbons (Fsp3) is 0.781. The highest BCUT2D eigenvalue weighted by atomic mass is 16.5. The van der Waals surface area contributed by atoms with Gasteiger partial charge in [-0.25, -0.2) is 0 Å². The second-order valence-corrected chi connectivity index (χ2v) is 11.1. The molecule has 34 heavy (non-hydrogen) atoms. The molecule has 2 heteroatoms. The molecular weight excluding hydrogens is 416 g/mol. The summed E-state index contributed by atoms with van der Waals surface area (Å²) in [5, 5.41) is 0. The van der Waals surface area contributed by atoms with Crippen LogP contribution >= 0.6 is 0 Å². The van der Waals surface area contributed by atoms with E-state index in [1.54, 1.807) is 0 Å². The SMILES string of the molecule is CCCCCCCCCC1CCC(CCc2ccc(OC(=O)CCCCCCC)c(C)c2)CC1. The van der Waals surface area contributed by atoms with Crippen LogP contribution < -0.4 is 4.74 Å². The summed E-state index contributed by atoms with van der Waals surface area (Å²) < 4.78 is 5.64. The van der Waals surface area contributed by atoms with Gasteiger partial charge in [0.25, 0.3) is 0 Å². The monoisotopic (exact) mass is 470 g/mol. The van der Waals surface area contributed by atoms with Crippen molar-refractivity contribution in [2.45, 2.75) is 149 Å². The highest BCUT2D eigenvalue weighted by molar-refractivity contribution is 5.72. The van der Waals surface area contributed by atoms with Crippen LogP contribution in [0.5, 0.6) is 5.75 Å². The predicted molar refractivity (Wildman–Crippen MR) is 147 cm³/mol. The Balaban J connectivity index is 1.59. The number of esters is 1. The highest BCUT2D eigenvalue weighted by Crippen LogP contribution is 2.34. The Morgan fingerprint density at radius 1 is 0.765 bits per heavy atom. The van der Waals surface area contributed by atoms with Crippen LogP contribution in [0.15, 0.2) is 18.2 Å². The van der Waals surface area contributed by atoms with Gasteiger partial charge < -0.3 is 4.74 Å². The van der Waals surface area contributed by atoms with Crippen molar-refractivity contribution in [1.29, 1.82) is 0 Å². The summed E-state index contributed by atoms with van der Waals surface area (Å²) in [6.07, 6.45) is 26.0. The Hall–Kier alpha value is -1.31. The van der Waals surface area contributed by atoms with Gasteiger partial charge in [-0.3, -0.25) is 4.79 Å². The summed E-state index contributed by atoms with van der Waals surface area (Å²) >= 11 is 0. The second kappa shape index (κ2) is 18.0. The van der Waals surface area contributed by atoms with Crippen LogP contribution in [0.4, 0.5) is 0 Å². The van der Waals surface area contributed by atoms with Crippen molar-refractivity contribution < 1.29 is 9.53 Å². The molecule has 1 fully saturated rings. The normalized spacial score (nSPS) is 18.2. The molecule has 0 spiro atoms. The maximum Gasteiger partial charge on any atom is 0.311 e. The van der Waals surface area contributed by atoms with Gasteiger partial charge in [-0.1, -0.05) is 129 Å². The molecule has 194 valence electrons. The van der Waals surface area contributed by atoms with Gasteiger partial charge in [0, 0.05) is 6.42 Å². The lowest BCUT2D eigenvalue weighted by Gasteiger charge is -2.28. The third-order valence-electron chi connectivity index (χ3n) is 7.97. The first-order valence-corrected chi connectivity index (χ1v) is 14.9. The number of aryl methyl sites for hydroxylation is 2. The molecule has 1 saturated carbocycles. The fourth-order valence-corrected chi connectivity index (χ4v) is 5.60. The topological polar surface area (TPSA) is 26.3 Å². The third-order valence-corrected chi connectivity index (χ3v) is 7.97. The Morgan fingerprint density at radius 2 is 1.32 bits per heavy atom. The van der Waals surface area contributed by atoms with E-state index in [-0.39, 0.29) is 5.97 Å². The van der Waals surface area contributed by atoms with Crippen LogP contribution in [0.2, 0.25) is 0 Å². The van der Waals surface area contributed by atoms with Crippen LogP contribution in [-0.2, 0) is 11.2 Å². The van der Waals surface area contributed by atoms with Crippen LogP contribution in [0, 0.1) is 18.8 Å². The number of hydrogen-bond acceptors (Lipinski definition) is 2. The minimum atomic E-state index is -0.0828. The zero-order chi connectivity index (χ0) is 24.4. The summed E-state index contributed by atoms with van der Waals surface area (Å²) in [5.74, 6) is 2.55. The first-order chi connectivity index (χ1) is 16.6. The summed E-state index contributed by atoms with van der Waals surface area (Å²) in [5.41, 5.74) is 2.48. The molecule has 0 N–H and O–H groups in total. The van der Waals surface area contributed by atoms with Crippen LogP contribution in [0.3, 0.4) is 0 Å². The van der Waals surface area contributed by atoms with Gasteiger partial charge in [0.2, 0.25) is 0 Å². The zero-order valence-electron chi connectivity index (χ0n) is 22.8. The van der Waals surface area contributed by atoms with Crippen LogP contribution in [0.25, 0.3) is 0 Å². The van der Waals surface area contributed by atoms with Crippen LogP contribution in [-0.4, -0.2) is 5.97 Å². The molecule has 0 saturated heterocycles. The number of carbonyl (C=O) groups excluding carboxylic acids is 1. The van der Waals surface area contributed by atoms with Crippen LogP contribution in [0.1, 0.15) is 147 Å². The largest absolute Gasteiger partial charge is 0.426 e. The number of rotatable bonds is 18. The number of unbranched alkanes of at least 4 members (excludes halogenated alkanes) is 10. The molecule has 2 nitrogen and oxygen atoms in total. The number of carbonyl (C=O) groups is 1. The molecule has 1 aliphatic rings. The maximum atomic E-state index is 12.2. The molecule has 0 aromatic heterocycles. The highest BCUT2D eigenvalue weighted by Gasteiger charge is 2.20. The molecule has 2 rings (SSSR count). The average Bonchev–Trinajstić information content (AvgIpc) is 2.84. The molecule has 1 aliphatic carbocycles. The number of benzene rings is 1. The molecule has 1 aromatic rings. The van der Waals surface area contributed by atoms with Crippen molar-refractivity contribution in [2.24, 2.45) is 11.8 Å². The fourth-order valence-electron chi connectivity index (χ4n) is 5.60. The molecule has 0 atom stereocenters. The maximum absolute atomic E-state index is 12.2. The van der Waals surface area contributed by atoms with E-state index >= 15 is 0 Å². The van der Waals surface area contributed by atoms with E-state index in [0.29, 0.717) is 6.42 Å². The van der Waals surface area contributed by atoms with Gasteiger partial charge in [0.1, 0.15) is 5.75 Å². The van der Waals surface area contributed by atoms with E-state index in [1.165, 1.54) is 108 Å². The minimum absolute atomic E-state index is 0.0828. The Kier molecular flexibility index (Phi) is 15.3. The first kappa shape index (κ1) is 28.9. The van der Waals surface area contributed by atoms with Gasteiger partial charge in [0.15, 0.2) is 0 Å². The van der Waals surface area contributed by atoms with Crippen molar-refractivity contribution in [3.8, 4) is 5.75 Å². The second-order valence-electron chi connectivity index (χ2n) is 11.1. The van der Waals surface area contributed by atoms with E-state index in [2.05, 4.69) is 32.9 Å². The summed E-state index contributed by atoms with van der Waals surface area (Å²) in [4.78, 5) is 12.2. The van der Waals surface area contributed by atoms with Crippen molar-refractivity contribution >= 4 is 5.97 Å². The predicted octanol–water partition coefficient (Wildman–Crippen LogP) is 10.1. The van der Waals surface area contributed by atoms with E-state index in [0.717, 1.165) is 42.4 Å². The molecule has 0 amide bonds. The standard InChI is InChI=1S/C32H54O2/c1-4-6-8-10-11-13-14-16-28-18-20-29(21-19-28)22-23-30-24-25-31(27(3)26-30)34-32(33)17-15-12-9-7-5-2/h24-26,28-29H,4-23H2,1-3H3. The van der Waals surface area contributed by atoms with Crippen molar-refractivity contribution in [3.63, 3.8) is 0 Å². The van der Waals surface area contributed by atoms with E-state index < -0.39 is 0 Å². The van der Waals surface area contributed by atoms with E-state index in [4.69, 9.17) is 4.74 Å². The third kappa shape index (κ3) is 12.4. The van der Waals surface area contributed by atoms with Crippen molar-refractivity contribution in [3.05, 3.63) is 29.3 Å². The van der Waals surface area contributed by atoms with E-state index in [9.17, 15) is 4.79 Å². The summed E-state index contributed by atoms with van der Waals surface area (Å²) in [6, 6.07) is 6.41. The van der Waals surface area contributed by atoms with Gasteiger partial charge >= 0.3 is 5.97 Å². The molecule has 0 bridgehead atoms. The quantitative estimate of drug-likeness (QED) is 0.121. The Morgan fingerprint density at radius 3 is 1.94 bits per heavy atom. The lowest BCUT2D eigenvalue weighted by Crippen LogP contribution is -2.15. The Labute approximate surface area is 211 Å². The zero-order valence-corrected chi connectivity index (χ0v) is 22.8. The van der Waals surface area contributed by atoms with Gasteiger partial charge in [-0.15, -0.1) is 0 Å². The Bertz CT molecular complexity index is 657. The van der Waals surface area contributed by atoms with Crippen molar-refractivity contribution in [1.82, 2.24) is 0 Å². The lowest BCUT2D eigenvalue weighted by atomic mass is 9.77. The summed E-state index contributed by atoms with van der Waals surface area (Å²) in [6.45, 7) is 6.58. The van der Waals surface area contributed by atoms with Gasteiger partial charge in [-0.2, -0.15) is 0 Å². The molecular formula is C32H54O2. The average molecular weight is 471 g/mol. The van der Waals surface area contributed by atoms with Gasteiger partial charge in [-0.05, 0) is 55.2 Å². The number of ether oxygens (including phenoxy) is 1. The number of hydrogen-bond donors (Lipinski definition) is 0. The minimum Gasteiger partial charge on any atom is -0.426 e. The molecule has 0 unspecified atom stereocenters. The first-order valence-electron chi connectivity index (χ1n) is 14.9. The smallest absolute Gasteiger partial charge is 0.311 e. The van der Waals surface area contributed by atoms with E-state index in [1.807, 2.05) is 6.07 Å². The molecule has 0 radical (unpaired) electrons. The van der Waals surface area contributed by atoms with Crippen molar-refractivity contribution in [2.75, 3.05) is 0 Å².